The third-order valence-corrected chi connectivity index (χ3v) is 13.1. The first-order chi connectivity index (χ1) is 28.2. The molecule has 7 rings (SSSR count). The van der Waals surface area contributed by atoms with Crippen molar-refractivity contribution in [2.45, 2.75) is 113 Å². The number of nitrogens with zero attached hydrogens (tertiary/aromatic N) is 4. The molecule has 4 heterocycles. The van der Waals surface area contributed by atoms with Gasteiger partial charge in [-0.25, -0.2) is 13.2 Å². The number of unbranched alkanes of at least 4 members (excludes halogenated alkanes) is 3. The van der Waals surface area contributed by atoms with Gasteiger partial charge in [0, 0.05) is 32.7 Å². The molecular formula is C43H52ClN7O8S. The van der Waals surface area contributed by atoms with E-state index in [0.29, 0.717) is 43.2 Å². The summed E-state index contributed by atoms with van der Waals surface area (Å²) in [6.45, 7) is 1.75. The molecule has 3 aliphatic rings. The topological polar surface area (TPSA) is 203 Å². The van der Waals surface area contributed by atoms with Gasteiger partial charge in [0.1, 0.15) is 18.2 Å². The maximum Gasteiger partial charge on any atom is 0.329 e. The second-order valence-electron chi connectivity index (χ2n) is 16.1. The van der Waals surface area contributed by atoms with E-state index in [9.17, 15) is 37.2 Å². The number of imide groups is 1. The summed E-state index contributed by atoms with van der Waals surface area (Å²) in [6, 6.07) is 14.0. The van der Waals surface area contributed by atoms with Gasteiger partial charge in [0.05, 0.1) is 27.7 Å². The summed E-state index contributed by atoms with van der Waals surface area (Å²) in [7, 11) is -1.66. The highest BCUT2D eigenvalue weighted by Gasteiger charge is 2.44. The van der Waals surface area contributed by atoms with Crippen LogP contribution in [0.4, 0.5) is 5.69 Å². The van der Waals surface area contributed by atoms with Gasteiger partial charge < -0.3 is 16.0 Å². The zero-order valence-electron chi connectivity index (χ0n) is 34.0. The van der Waals surface area contributed by atoms with Crippen molar-refractivity contribution in [3.63, 3.8) is 0 Å². The van der Waals surface area contributed by atoms with Crippen LogP contribution in [0, 0.1) is 0 Å². The number of hydrogen-bond acceptors (Lipinski definition) is 9. The van der Waals surface area contributed by atoms with E-state index in [1.807, 2.05) is 18.2 Å². The molecule has 1 saturated heterocycles. The van der Waals surface area contributed by atoms with Gasteiger partial charge in [0.15, 0.2) is 9.84 Å². The molecule has 4 atom stereocenters. The van der Waals surface area contributed by atoms with Crippen LogP contribution in [-0.4, -0.2) is 77.0 Å². The Hall–Kier alpha value is -5.32. The van der Waals surface area contributed by atoms with Crippen LogP contribution in [0.3, 0.4) is 0 Å². The van der Waals surface area contributed by atoms with Crippen LogP contribution < -0.4 is 27.0 Å². The quantitative estimate of drug-likeness (QED) is 0.0912. The fourth-order valence-corrected chi connectivity index (χ4v) is 9.36. The number of imidazole rings is 1. The van der Waals surface area contributed by atoms with Crippen molar-refractivity contribution < 1.29 is 32.4 Å². The average molecular weight is 862 g/mol. The number of carbonyl (C=O) groups excluding carboxylic acids is 5. The zero-order valence-corrected chi connectivity index (χ0v) is 35.6. The Morgan fingerprint density at radius 3 is 2.25 bits per heavy atom. The first-order valence-corrected chi connectivity index (χ1v) is 22.1. The highest BCUT2D eigenvalue weighted by molar-refractivity contribution is 7.90. The van der Waals surface area contributed by atoms with Crippen LogP contribution in [0.25, 0.3) is 11.0 Å². The fraction of sp³-hybridized carbons (Fsp3) is 0.442. The van der Waals surface area contributed by atoms with E-state index in [1.54, 1.807) is 35.6 Å². The van der Waals surface area contributed by atoms with E-state index < -0.39 is 45.9 Å². The lowest BCUT2D eigenvalue weighted by atomic mass is 9.96. The van der Waals surface area contributed by atoms with Gasteiger partial charge in [-0.3, -0.25) is 43.3 Å². The molecule has 15 nitrogen and oxygen atoms in total. The number of hydrogen-bond donors (Lipinski definition) is 3. The zero-order chi connectivity index (χ0) is 42.2. The molecule has 0 spiro atoms. The minimum atomic E-state index is -3.35. The van der Waals surface area contributed by atoms with Crippen molar-refractivity contribution in [3.05, 3.63) is 92.9 Å². The predicted molar refractivity (Wildman–Crippen MR) is 228 cm³/mol. The van der Waals surface area contributed by atoms with Gasteiger partial charge in [0.25, 0.3) is 0 Å². The Morgan fingerprint density at radius 1 is 0.917 bits per heavy atom. The SMILES string of the molecule is C[C@@H](C(=O)NCc1ccc(S(C)(=O)=O)cc1)N(C=O)[C@@H]1Cc2cc(CCCCCCc3ccc4c(c3)n(C)c(=O)n4C3CCC(=O)NC3=O)cc3c2N1C(=O)[C@@H](N)CC3.Cl. The lowest BCUT2D eigenvalue weighted by Crippen LogP contribution is -2.58. The number of rotatable bonds is 15. The molecule has 5 amide bonds. The first kappa shape index (κ1) is 44.2. The average Bonchev–Trinajstić information content (AvgIpc) is 3.66. The molecule has 1 unspecified atom stereocenters. The molecular weight excluding hydrogens is 810 g/mol. The van der Waals surface area contributed by atoms with E-state index in [0.717, 1.165) is 78.2 Å². The summed E-state index contributed by atoms with van der Waals surface area (Å²) in [5, 5.41) is 5.18. The number of piperidine rings is 1. The highest BCUT2D eigenvalue weighted by Crippen LogP contribution is 2.41. The van der Waals surface area contributed by atoms with Gasteiger partial charge in [-0.15, -0.1) is 12.4 Å². The Labute approximate surface area is 355 Å². The molecule has 3 aromatic carbocycles. The number of nitrogens with one attached hydrogen (secondary N) is 2. The minimum absolute atomic E-state index is 0. The highest BCUT2D eigenvalue weighted by atomic mass is 35.5. The molecule has 1 fully saturated rings. The van der Waals surface area contributed by atoms with Gasteiger partial charge in [-0.05, 0) is 104 Å². The molecule has 1 aromatic heterocycles. The van der Waals surface area contributed by atoms with Crippen molar-refractivity contribution in [3.8, 4) is 0 Å². The van der Waals surface area contributed by atoms with Crippen LogP contribution in [0.15, 0.2) is 64.3 Å². The van der Waals surface area contributed by atoms with E-state index >= 15 is 0 Å². The fourth-order valence-electron chi connectivity index (χ4n) is 8.73. The number of aryl methyl sites for hydroxylation is 4. The largest absolute Gasteiger partial charge is 0.350 e. The van der Waals surface area contributed by atoms with Crippen molar-refractivity contribution in [2.75, 3.05) is 11.2 Å². The third kappa shape index (κ3) is 8.91. The molecule has 3 aliphatic heterocycles. The van der Waals surface area contributed by atoms with Gasteiger partial charge in [-0.2, -0.15) is 0 Å². The van der Waals surface area contributed by atoms with Gasteiger partial charge in [-0.1, -0.05) is 43.2 Å². The Kier molecular flexibility index (Phi) is 13.4. The summed E-state index contributed by atoms with van der Waals surface area (Å²) in [6.07, 6.45) is 8.57. The smallest absolute Gasteiger partial charge is 0.329 e. The molecule has 60 heavy (non-hydrogen) atoms. The monoisotopic (exact) mass is 861 g/mol. The Bertz CT molecular complexity index is 2500. The normalized spacial score (nSPS) is 19.3. The second-order valence-corrected chi connectivity index (χ2v) is 18.1. The summed E-state index contributed by atoms with van der Waals surface area (Å²) in [5.74, 6) is -1.47. The number of benzene rings is 3. The van der Waals surface area contributed by atoms with Crippen LogP contribution in [0.1, 0.15) is 85.7 Å². The summed E-state index contributed by atoms with van der Waals surface area (Å²) in [4.78, 5) is 80.3. The van der Waals surface area contributed by atoms with Gasteiger partial charge in [0.2, 0.25) is 30.0 Å². The number of aromatic nitrogens is 2. The number of carbonyl (C=O) groups is 5. The van der Waals surface area contributed by atoms with Crippen LogP contribution in [0.2, 0.25) is 0 Å². The molecule has 4 aromatic rings. The lowest BCUT2D eigenvalue weighted by molar-refractivity contribution is -0.136. The van der Waals surface area contributed by atoms with E-state index in [1.165, 1.54) is 21.6 Å². The van der Waals surface area contributed by atoms with Gasteiger partial charge >= 0.3 is 5.69 Å². The maximum absolute atomic E-state index is 13.7. The van der Waals surface area contributed by atoms with Crippen LogP contribution in [-0.2, 0) is 73.1 Å². The lowest BCUT2D eigenvalue weighted by Gasteiger charge is -2.36. The standard InChI is InChI=1S/C43H51N7O8S.ClH/c1-26(40(53)45-24-28-10-14-32(15-11-28)59(3,57)58)48(25-51)38-23-31-21-29(20-30-13-16-33(44)42(55)50(38)39(30)31)9-7-5-4-6-8-27-12-17-34-36(22-27)47(2)43(56)49(34)35-18-19-37(52)46-41(35)54;/h10-12,14-15,17,20-22,25-26,33,35,38H,4-9,13,16,18-19,23-24,44H2,1-3H3,(H,45,53)(H,46,52,54);1H/t26-,33-,35?,38-;/m0./s1. The number of halogens is 1. The van der Waals surface area contributed by atoms with Crippen LogP contribution >= 0.6 is 12.4 Å². The van der Waals surface area contributed by atoms with E-state index in [4.69, 9.17) is 5.73 Å². The van der Waals surface area contributed by atoms with Crippen molar-refractivity contribution in [1.82, 2.24) is 24.7 Å². The van der Waals surface area contributed by atoms with E-state index in [2.05, 4.69) is 22.8 Å². The molecule has 0 saturated carbocycles. The molecule has 320 valence electrons. The predicted octanol–water partition coefficient (Wildman–Crippen LogP) is 3.14. The summed E-state index contributed by atoms with van der Waals surface area (Å²) in [5.41, 5.74) is 13.2. The molecule has 0 bridgehead atoms. The first-order valence-electron chi connectivity index (χ1n) is 20.2. The third-order valence-electron chi connectivity index (χ3n) is 12.0. The second kappa shape index (κ2) is 18.1. The summed E-state index contributed by atoms with van der Waals surface area (Å²) < 4.78 is 26.7. The number of amides is 5. The van der Waals surface area contributed by atoms with Crippen molar-refractivity contribution in [1.29, 1.82) is 0 Å². The number of sulfone groups is 1. The molecule has 0 aliphatic carbocycles. The van der Waals surface area contributed by atoms with Crippen LogP contribution in [0.5, 0.6) is 0 Å². The number of anilines is 1. The minimum Gasteiger partial charge on any atom is -0.350 e. The molecule has 0 radical (unpaired) electrons. The maximum atomic E-state index is 13.7. The number of nitrogens with two attached hydrogens (primary N) is 1. The Balaban J connectivity index is 0.00000604. The van der Waals surface area contributed by atoms with Crippen molar-refractivity contribution in [2.24, 2.45) is 12.8 Å². The van der Waals surface area contributed by atoms with E-state index in [-0.39, 0.29) is 47.8 Å². The number of fused-ring (bicyclic) bond motifs is 1. The molecule has 17 heteroatoms. The summed E-state index contributed by atoms with van der Waals surface area (Å²) >= 11 is 0. The van der Waals surface area contributed by atoms with Crippen molar-refractivity contribution >= 4 is 69.0 Å². The Morgan fingerprint density at radius 2 is 1.58 bits per heavy atom. The molecule has 4 N–H and O–H groups in total.